The van der Waals surface area contributed by atoms with E-state index in [1.54, 1.807) is 16.7 Å². The highest BCUT2D eigenvalue weighted by atomic mass is 32.2. The number of likely N-dealkylation sites (N-methyl/N-ethyl adjacent to an activating group) is 1. The SMILES string of the molecule is CCCSc1nsc(NC(=O)CN(CC)CCC(=O)O)n1. The van der Waals surface area contributed by atoms with Crippen LogP contribution in [0.15, 0.2) is 5.16 Å². The van der Waals surface area contributed by atoms with E-state index in [9.17, 15) is 9.59 Å². The third-order valence-electron chi connectivity index (χ3n) is 2.55. The number of nitrogens with zero attached hydrogens (tertiary/aromatic N) is 3. The number of carbonyl (C=O) groups is 2. The minimum absolute atomic E-state index is 0.0255. The molecule has 21 heavy (non-hydrogen) atoms. The molecular weight excluding hydrogens is 312 g/mol. The van der Waals surface area contributed by atoms with Gasteiger partial charge in [-0.1, -0.05) is 25.6 Å². The van der Waals surface area contributed by atoms with Crippen LogP contribution in [-0.4, -0.2) is 56.6 Å². The summed E-state index contributed by atoms with van der Waals surface area (Å²) in [5.74, 6) is -0.121. The van der Waals surface area contributed by atoms with Crippen LogP contribution in [0.5, 0.6) is 0 Å². The molecule has 0 unspecified atom stereocenters. The minimum Gasteiger partial charge on any atom is -0.481 e. The van der Waals surface area contributed by atoms with E-state index in [0.717, 1.165) is 23.7 Å². The van der Waals surface area contributed by atoms with E-state index in [-0.39, 0.29) is 18.9 Å². The molecule has 0 aliphatic rings. The van der Waals surface area contributed by atoms with Crippen molar-refractivity contribution in [1.29, 1.82) is 0 Å². The van der Waals surface area contributed by atoms with Gasteiger partial charge in [0.15, 0.2) is 0 Å². The van der Waals surface area contributed by atoms with Crippen molar-refractivity contribution < 1.29 is 14.7 Å². The molecule has 0 saturated heterocycles. The number of hydrogen-bond acceptors (Lipinski definition) is 7. The lowest BCUT2D eigenvalue weighted by molar-refractivity contribution is -0.137. The second-order valence-corrected chi connectivity index (χ2v) is 6.11. The van der Waals surface area contributed by atoms with E-state index >= 15 is 0 Å². The predicted molar refractivity (Wildman–Crippen MR) is 83.9 cm³/mol. The Bertz CT molecular complexity index is 467. The van der Waals surface area contributed by atoms with Crippen LogP contribution in [0.3, 0.4) is 0 Å². The van der Waals surface area contributed by atoms with Crippen molar-refractivity contribution in [3.05, 3.63) is 0 Å². The molecule has 1 heterocycles. The Kier molecular flexibility index (Phi) is 8.24. The lowest BCUT2D eigenvalue weighted by Crippen LogP contribution is -2.34. The third-order valence-corrected chi connectivity index (χ3v) is 4.34. The van der Waals surface area contributed by atoms with Crippen LogP contribution in [-0.2, 0) is 9.59 Å². The number of carboxylic acids is 1. The van der Waals surface area contributed by atoms with Crippen molar-refractivity contribution in [1.82, 2.24) is 14.3 Å². The fourth-order valence-corrected chi connectivity index (χ4v) is 2.89. The van der Waals surface area contributed by atoms with Gasteiger partial charge in [-0.05, 0) is 13.0 Å². The summed E-state index contributed by atoms with van der Waals surface area (Å²) < 4.78 is 4.15. The molecule has 0 atom stereocenters. The molecule has 0 radical (unpaired) electrons. The number of carbonyl (C=O) groups excluding carboxylic acids is 1. The zero-order valence-corrected chi connectivity index (χ0v) is 13.8. The van der Waals surface area contributed by atoms with Crippen molar-refractivity contribution in [2.75, 3.05) is 30.7 Å². The van der Waals surface area contributed by atoms with Crippen LogP contribution < -0.4 is 5.32 Å². The first kappa shape index (κ1) is 17.9. The van der Waals surface area contributed by atoms with Crippen LogP contribution >= 0.6 is 23.3 Å². The molecule has 2 N–H and O–H groups in total. The summed E-state index contributed by atoms with van der Waals surface area (Å²) >= 11 is 2.71. The fourth-order valence-electron chi connectivity index (χ4n) is 1.48. The van der Waals surface area contributed by atoms with Gasteiger partial charge in [0.1, 0.15) is 0 Å². The molecule has 118 valence electrons. The van der Waals surface area contributed by atoms with E-state index in [1.165, 1.54) is 0 Å². The maximum atomic E-state index is 11.9. The lowest BCUT2D eigenvalue weighted by atomic mass is 10.3. The molecule has 0 aliphatic heterocycles. The normalized spacial score (nSPS) is 10.8. The maximum Gasteiger partial charge on any atom is 0.304 e. The Morgan fingerprint density at radius 2 is 2.19 bits per heavy atom. The van der Waals surface area contributed by atoms with Gasteiger partial charge >= 0.3 is 5.97 Å². The number of anilines is 1. The number of aromatic nitrogens is 2. The van der Waals surface area contributed by atoms with Crippen LogP contribution in [0.4, 0.5) is 5.13 Å². The Labute approximate surface area is 132 Å². The number of hydrogen-bond donors (Lipinski definition) is 2. The number of carboxylic acid groups (broad SMARTS) is 1. The van der Waals surface area contributed by atoms with Crippen LogP contribution in [0.2, 0.25) is 0 Å². The zero-order valence-electron chi connectivity index (χ0n) is 12.2. The number of aliphatic carboxylic acids is 1. The van der Waals surface area contributed by atoms with E-state index in [1.807, 2.05) is 6.92 Å². The summed E-state index contributed by atoms with van der Waals surface area (Å²) in [6, 6.07) is 0. The molecule has 9 heteroatoms. The van der Waals surface area contributed by atoms with Gasteiger partial charge in [0, 0.05) is 23.8 Å². The van der Waals surface area contributed by atoms with Gasteiger partial charge in [0.2, 0.25) is 16.2 Å². The second-order valence-electron chi connectivity index (χ2n) is 4.29. The summed E-state index contributed by atoms with van der Waals surface area (Å²) in [7, 11) is 0. The predicted octanol–water partition coefficient (Wildman–Crippen LogP) is 1.78. The molecule has 0 fully saturated rings. The monoisotopic (exact) mass is 332 g/mol. The maximum absolute atomic E-state index is 11.9. The highest BCUT2D eigenvalue weighted by Gasteiger charge is 2.13. The number of thioether (sulfide) groups is 1. The summed E-state index contributed by atoms with van der Waals surface area (Å²) in [6.07, 6.45) is 1.07. The largest absolute Gasteiger partial charge is 0.481 e. The Morgan fingerprint density at radius 3 is 2.81 bits per heavy atom. The average Bonchev–Trinajstić information content (AvgIpc) is 2.88. The first-order valence-electron chi connectivity index (χ1n) is 6.75. The van der Waals surface area contributed by atoms with Crippen molar-refractivity contribution in [2.45, 2.75) is 31.8 Å². The van der Waals surface area contributed by atoms with E-state index < -0.39 is 5.97 Å². The third kappa shape index (κ3) is 7.39. The van der Waals surface area contributed by atoms with E-state index in [4.69, 9.17) is 5.11 Å². The molecular formula is C12H20N4O3S2. The van der Waals surface area contributed by atoms with E-state index in [2.05, 4.69) is 21.6 Å². The summed E-state index contributed by atoms with van der Waals surface area (Å²) in [5.41, 5.74) is 0. The first-order chi connectivity index (χ1) is 10.0. The first-order valence-corrected chi connectivity index (χ1v) is 8.51. The van der Waals surface area contributed by atoms with Crippen molar-refractivity contribution in [3.8, 4) is 0 Å². The van der Waals surface area contributed by atoms with Gasteiger partial charge < -0.3 is 5.11 Å². The van der Waals surface area contributed by atoms with Crippen molar-refractivity contribution >= 4 is 40.3 Å². The van der Waals surface area contributed by atoms with Gasteiger partial charge in [0.05, 0.1) is 13.0 Å². The average molecular weight is 332 g/mol. The zero-order chi connectivity index (χ0) is 15.7. The molecule has 0 aromatic carbocycles. The quantitative estimate of drug-likeness (QED) is 0.630. The Hall–Kier alpha value is -1.19. The topological polar surface area (TPSA) is 95.4 Å². The van der Waals surface area contributed by atoms with Crippen LogP contribution in [0, 0.1) is 0 Å². The Morgan fingerprint density at radius 1 is 1.43 bits per heavy atom. The van der Waals surface area contributed by atoms with Gasteiger partial charge in [-0.2, -0.15) is 9.36 Å². The number of nitrogens with one attached hydrogen (secondary N) is 1. The lowest BCUT2D eigenvalue weighted by Gasteiger charge is -2.18. The molecule has 0 aliphatic carbocycles. The van der Waals surface area contributed by atoms with Crippen molar-refractivity contribution in [2.24, 2.45) is 0 Å². The summed E-state index contributed by atoms with van der Waals surface area (Å²) in [5, 5.41) is 12.5. The van der Waals surface area contributed by atoms with Gasteiger partial charge in [0.25, 0.3) is 0 Å². The van der Waals surface area contributed by atoms with Gasteiger partial charge in [-0.15, -0.1) is 0 Å². The highest BCUT2D eigenvalue weighted by Crippen LogP contribution is 2.20. The second kappa shape index (κ2) is 9.69. The van der Waals surface area contributed by atoms with Crippen LogP contribution in [0.25, 0.3) is 0 Å². The molecule has 0 spiro atoms. The number of amides is 1. The molecule has 1 aromatic heterocycles. The molecule has 1 aromatic rings. The summed E-state index contributed by atoms with van der Waals surface area (Å²) in [4.78, 5) is 28.4. The standard InChI is InChI=1S/C12H20N4O3S2/c1-3-7-20-12-14-11(21-15-12)13-9(17)8-16(4-2)6-5-10(18)19/h3-8H2,1-2H3,(H,18,19)(H,13,14,15,17). The molecule has 0 saturated carbocycles. The Balaban J connectivity index is 2.40. The minimum atomic E-state index is -0.865. The molecule has 0 bridgehead atoms. The van der Waals surface area contributed by atoms with Crippen molar-refractivity contribution in [3.63, 3.8) is 0 Å². The van der Waals surface area contributed by atoms with Gasteiger partial charge in [-0.25, -0.2) is 0 Å². The molecule has 1 amide bonds. The smallest absolute Gasteiger partial charge is 0.304 e. The summed E-state index contributed by atoms with van der Waals surface area (Å²) in [6.45, 7) is 5.10. The molecule has 7 nitrogen and oxygen atoms in total. The van der Waals surface area contributed by atoms with E-state index in [0.29, 0.717) is 23.4 Å². The fraction of sp³-hybridized carbons (Fsp3) is 0.667. The molecule has 1 rings (SSSR count). The highest BCUT2D eigenvalue weighted by molar-refractivity contribution is 7.99. The number of rotatable bonds is 10. The van der Waals surface area contributed by atoms with Crippen LogP contribution in [0.1, 0.15) is 26.7 Å². The van der Waals surface area contributed by atoms with Gasteiger partial charge in [-0.3, -0.25) is 19.8 Å².